The van der Waals surface area contributed by atoms with Gasteiger partial charge in [0.2, 0.25) is 0 Å². The van der Waals surface area contributed by atoms with Gasteiger partial charge in [-0.3, -0.25) is 0 Å². The second-order valence-corrected chi connectivity index (χ2v) is 3.33. The van der Waals surface area contributed by atoms with Crippen LogP contribution in [0, 0.1) is 0 Å². The highest BCUT2D eigenvalue weighted by Gasteiger charge is 2.19. The number of hydrogen-bond donors (Lipinski definition) is 1. The van der Waals surface area contributed by atoms with Crippen LogP contribution in [0.2, 0.25) is 0 Å². The van der Waals surface area contributed by atoms with E-state index in [4.69, 9.17) is 0 Å². The Labute approximate surface area is 75.0 Å². The number of hydrazine groups is 3. The maximum Gasteiger partial charge on any atom is 0.0319 e. The molecule has 0 aromatic heterocycles. The Hall–Kier alpha value is -0.160. The monoisotopic (exact) mass is 172 g/mol. The molecule has 0 aliphatic carbocycles. The topological polar surface area (TPSA) is 21.8 Å². The quantitative estimate of drug-likeness (QED) is 0.661. The smallest absolute Gasteiger partial charge is 0.0319 e. The molecule has 1 N–H and O–H groups in total. The Balaban J connectivity index is 2.42. The van der Waals surface area contributed by atoms with Crippen molar-refractivity contribution in [1.29, 1.82) is 0 Å². The molecule has 0 unspecified atom stereocenters. The van der Waals surface area contributed by atoms with Crippen molar-refractivity contribution in [3.05, 3.63) is 0 Å². The fourth-order valence-electron chi connectivity index (χ4n) is 1.45. The second-order valence-electron chi connectivity index (χ2n) is 3.33. The van der Waals surface area contributed by atoms with E-state index in [-0.39, 0.29) is 0 Å². The first kappa shape index (κ1) is 9.92. The Bertz CT molecular complexity index is 124. The fourth-order valence-corrected chi connectivity index (χ4v) is 1.45. The summed E-state index contributed by atoms with van der Waals surface area (Å²) in [7, 11) is 4.16. The van der Waals surface area contributed by atoms with Gasteiger partial charge in [-0.25, -0.2) is 10.4 Å². The van der Waals surface area contributed by atoms with Crippen LogP contribution in [0.25, 0.3) is 0 Å². The summed E-state index contributed by atoms with van der Waals surface area (Å²) in [6, 6.07) is 0. The molecular formula is C8H20N4. The van der Waals surface area contributed by atoms with E-state index in [1.54, 1.807) is 0 Å². The van der Waals surface area contributed by atoms with E-state index in [2.05, 4.69) is 41.7 Å². The summed E-state index contributed by atoms with van der Waals surface area (Å²) < 4.78 is 0. The molecule has 72 valence electrons. The van der Waals surface area contributed by atoms with Crippen molar-refractivity contribution in [1.82, 2.24) is 20.7 Å². The van der Waals surface area contributed by atoms with Gasteiger partial charge >= 0.3 is 0 Å². The molecule has 0 atom stereocenters. The van der Waals surface area contributed by atoms with Crippen molar-refractivity contribution in [2.45, 2.75) is 19.8 Å². The van der Waals surface area contributed by atoms with Gasteiger partial charge in [0.25, 0.3) is 0 Å². The van der Waals surface area contributed by atoms with Crippen LogP contribution in [-0.2, 0) is 0 Å². The number of rotatable bonds is 3. The van der Waals surface area contributed by atoms with Gasteiger partial charge in [-0.1, -0.05) is 6.92 Å². The van der Waals surface area contributed by atoms with Crippen LogP contribution in [-0.4, -0.2) is 49.0 Å². The molecule has 0 bridgehead atoms. The summed E-state index contributed by atoms with van der Waals surface area (Å²) in [6.45, 7) is 5.51. The third-order valence-electron chi connectivity index (χ3n) is 2.01. The molecule has 4 heteroatoms. The van der Waals surface area contributed by atoms with Gasteiger partial charge in [-0.05, 0) is 12.8 Å². The molecule has 1 fully saturated rings. The Kier molecular flexibility index (Phi) is 3.94. The molecule has 0 amide bonds. The molecule has 4 nitrogen and oxygen atoms in total. The summed E-state index contributed by atoms with van der Waals surface area (Å²) >= 11 is 0. The van der Waals surface area contributed by atoms with Crippen LogP contribution in [0.1, 0.15) is 19.8 Å². The van der Waals surface area contributed by atoms with Crippen LogP contribution in [0.5, 0.6) is 0 Å². The first-order chi connectivity index (χ1) is 5.75. The van der Waals surface area contributed by atoms with E-state index in [0.29, 0.717) is 0 Å². The van der Waals surface area contributed by atoms with Crippen LogP contribution in [0.4, 0.5) is 0 Å². The van der Waals surface area contributed by atoms with Gasteiger partial charge in [0.1, 0.15) is 0 Å². The Morgan fingerprint density at radius 1 is 1.42 bits per heavy atom. The van der Waals surface area contributed by atoms with Crippen LogP contribution in [0.15, 0.2) is 0 Å². The lowest BCUT2D eigenvalue weighted by Crippen LogP contribution is -2.60. The summed E-state index contributed by atoms with van der Waals surface area (Å²) in [5.41, 5.74) is 3.37. The molecule has 1 aliphatic rings. The Morgan fingerprint density at radius 3 is 2.75 bits per heavy atom. The fraction of sp³-hybridized carbons (Fsp3) is 1.00. The largest absolute Gasteiger partial charge is 0.240 e. The molecule has 0 aromatic rings. The normalized spacial score (nSPS) is 22.0. The summed E-state index contributed by atoms with van der Waals surface area (Å²) in [5, 5.41) is 6.57. The second kappa shape index (κ2) is 4.77. The maximum atomic E-state index is 3.37. The van der Waals surface area contributed by atoms with E-state index in [9.17, 15) is 0 Å². The lowest BCUT2D eigenvalue weighted by atomic mass is 10.4. The molecule has 0 spiro atoms. The van der Waals surface area contributed by atoms with Crippen LogP contribution in [0.3, 0.4) is 0 Å². The van der Waals surface area contributed by atoms with Gasteiger partial charge in [-0.15, -0.1) is 0 Å². The molecule has 1 aliphatic heterocycles. The summed E-state index contributed by atoms with van der Waals surface area (Å²) in [4.78, 5) is 0. The number of nitrogens with zero attached hydrogens (tertiary/aromatic N) is 3. The molecule has 12 heavy (non-hydrogen) atoms. The first-order valence-corrected chi connectivity index (χ1v) is 4.71. The van der Waals surface area contributed by atoms with Gasteiger partial charge < -0.3 is 0 Å². The lowest BCUT2D eigenvalue weighted by Gasteiger charge is -2.42. The van der Waals surface area contributed by atoms with Crippen molar-refractivity contribution < 1.29 is 0 Å². The standard InChI is InChI=1S/C8H20N4/c1-4-7-11-9-6-5-8-12(11)10(2)3/h9H,4-8H2,1-3H3. The average Bonchev–Trinajstić information content (AvgIpc) is 2.05. The van der Waals surface area contributed by atoms with Crippen LogP contribution >= 0.6 is 0 Å². The van der Waals surface area contributed by atoms with E-state index >= 15 is 0 Å². The van der Waals surface area contributed by atoms with Crippen molar-refractivity contribution >= 4 is 0 Å². The summed E-state index contributed by atoms with van der Waals surface area (Å²) in [5.74, 6) is 0. The minimum Gasteiger partial charge on any atom is -0.240 e. The van der Waals surface area contributed by atoms with E-state index in [1.807, 2.05) is 0 Å². The van der Waals surface area contributed by atoms with E-state index < -0.39 is 0 Å². The van der Waals surface area contributed by atoms with Gasteiger partial charge in [0, 0.05) is 33.7 Å². The highest BCUT2D eigenvalue weighted by Crippen LogP contribution is 2.04. The predicted octanol–water partition coefficient (Wildman–Crippen LogP) is 0.300. The molecule has 1 rings (SSSR count). The number of hydrogen-bond acceptors (Lipinski definition) is 4. The summed E-state index contributed by atoms with van der Waals surface area (Å²) in [6.07, 6.45) is 2.40. The maximum absolute atomic E-state index is 3.37. The van der Waals surface area contributed by atoms with Gasteiger partial charge in [0.05, 0.1) is 0 Å². The average molecular weight is 172 g/mol. The highest BCUT2D eigenvalue weighted by molar-refractivity contribution is 4.58. The van der Waals surface area contributed by atoms with Crippen molar-refractivity contribution in [2.24, 2.45) is 0 Å². The molecule has 1 heterocycles. The van der Waals surface area contributed by atoms with Gasteiger partial charge in [0.15, 0.2) is 0 Å². The number of nitrogens with one attached hydrogen (secondary N) is 1. The Morgan fingerprint density at radius 2 is 2.17 bits per heavy atom. The van der Waals surface area contributed by atoms with Crippen molar-refractivity contribution in [3.63, 3.8) is 0 Å². The molecule has 0 aromatic carbocycles. The minimum absolute atomic E-state index is 1.08. The van der Waals surface area contributed by atoms with E-state index in [1.165, 1.54) is 12.8 Å². The molecular weight excluding hydrogens is 152 g/mol. The zero-order chi connectivity index (χ0) is 8.97. The first-order valence-electron chi connectivity index (χ1n) is 4.71. The van der Waals surface area contributed by atoms with Gasteiger partial charge in [-0.2, -0.15) is 10.2 Å². The van der Waals surface area contributed by atoms with Crippen molar-refractivity contribution in [3.8, 4) is 0 Å². The zero-order valence-electron chi connectivity index (χ0n) is 8.38. The molecule has 0 saturated carbocycles. The van der Waals surface area contributed by atoms with Crippen molar-refractivity contribution in [2.75, 3.05) is 33.7 Å². The SMILES string of the molecule is CCCN1NCCCN1N(C)C. The zero-order valence-corrected chi connectivity index (χ0v) is 8.38. The molecule has 1 saturated heterocycles. The third-order valence-corrected chi connectivity index (χ3v) is 2.01. The van der Waals surface area contributed by atoms with E-state index in [0.717, 1.165) is 19.6 Å². The molecule has 0 radical (unpaired) electrons. The minimum atomic E-state index is 1.08. The lowest BCUT2D eigenvalue weighted by molar-refractivity contribution is -0.206. The predicted molar refractivity (Wildman–Crippen MR) is 50.0 cm³/mol. The third kappa shape index (κ3) is 2.42. The van der Waals surface area contributed by atoms with Crippen LogP contribution < -0.4 is 5.43 Å². The highest BCUT2D eigenvalue weighted by atomic mass is 15.9.